The number of rotatable bonds is 8. The maximum atomic E-state index is 12.3. The van der Waals surface area contributed by atoms with Crippen molar-refractivity contribution in [2.24, 2.45) is 0 Å². The van der Waals surface area contributed by atoms with E-state index in [1.165, 1.54) is 19.2 Å². The molecule has 5 nitrogen and oxygen atoms in total. The van der Waals surface area contributed by atoms with Gasteiger partial charge in [0.2, 0.25) is 0 Å². The Kier molecular flexibility index (Phi) is 6.48. The van der Waals surface area contributed by atoms with E-state index in [1.807, 2.05) is 6.07 Å². The molecule has 0 saturated carbocycles. The molecule has 2 aromatic carbocycles. The SMILES string of the molecule is COCOc1ccc(CCCS(=O)(=O)c2ccc(Cl)cc2)cc1N. The third kappa shape index (κ3) is 5.12. The first-order valence-electron chi connectivity index (χ1n) is 7.41. The standard InChI is InChI=1S/C17H20ClNO4S/c1-22-12-23-17-9-4-13(11-16(17)19)3-2-10-24(20,21)15-7-5-14(18)6-8-15/h4-9,11H,2-3,10,12,19H2,1H3. The van der Waals surface area contributed by atoms with Crippen molar-refractivity contribution in [2.45, 2.75) is 17.7 Å². The molecule has 0 unspecified atom stereocenters. The summed E-state index contributed by atoms with van der Waals surface area (Å²) in [6.07, 6.45) is 1.12. The summed E-state index contributed by atoms with van der Waals surface area (Å²) in [6.45, 7) is 0.128. The second-order valence-electron chi connectivity index (χ2n) is 5.30. The maximum Gasteiger partial charge on any atom is 0.188 e. The van der Waals surface area contributed by atoms with Crippen LogP contribution in [-0.2, 0) is 21.0 Å². The highest BCUT2D eigenvalue weighted by Crippen LogP contribution is 2.23. The summed E-state index contributed by atoms with van der Waals surface area (Å²) in [5, 5.41) is 0.514. The average molecular weight is 370 g/mol. The fraction of sp³-hybridized carbons (Fsp3) is 0.294. The molecule has 0 aromatic heterocycles. The smallest absolute Gasteiger partial charge is 0.188 e. The van der Waals surface area contributed by atoms with E-state index < -0.39 is 9.84 Å². The monoisotopic (exact) mass is 369 g/mol. The van der Waals surface area contributed by atoms with Crippen molar-refractivity contribution >= 4 is 27.1 Å². The van der Waals surface area contributed by atoms with E-state index in [4.69, 9.17) is 26.8 Å². The van der Waals surface area contributed by atoms with Crippen molar-refractivity contribution in [3.63, 3.8) is 0 Å². The first kappa shape index (κ1) is 18.6. The van der Waals surface area contributed by atoms with Gasteiger partial charge in [-0.3, -0.25) is 0 Å². The highest BCUT2D eigenvalue weighted by atomic mass is 35.5. The molecule has 0 fully saturated rings. The van der Waals surface area contributed by atoms with E-state index >= 15 is 0 Å². The molecule has 24 heavy (non-hydrogen) atoms. The van der Waals surface area contributed by atoms with Crippen molar-refractivity contribution in [3.05, 3.63) is 53.1 Å². The minimum absolute atomic E-state index is 0.0659. The second kappa shape index (κ2) is 8.37. The minimum Gasteiger partial charge on any atom is -0.465 e. The summed E-state index contributed by atoms with van der Waals surface area (Å²) < 4.78 is 34.7. The number of hydrogen-bond donors (Lipinski definition) is 1. The predicted molar refractivity (Wildman–Crippen MR) is 95.2 cm³/mol. The lowest BCUT2D eigenvalue weighted by Crippen LogP contribution is -2.08. The molecule has 0 bridgehead atoms. The summed E-state index contributed by atoms with van der Waals surface area (Å²) in [4.78, 5) is 0.287. The van der Waals surface area contributed by atoms with Crippen molar-refractivity contribution in [2.75, 3.05) is 25.4 Å². The zero-order valence-corrected chi connectivity index (χ0v) is 14.9. The average Bonchev–Trinajstić information content (AvgIpc) is 2.54. The number of methoxy groups -OCH3 is 1. The van der Waals surface area contributed by atoms with Crippen LogP contribution in [-0.4, -0.2) is 28.1 Å². The Balaban J connectivity index is 1.94. The molecule has 0 atom stereocenters. The van der Waals surface area contributed by atoms with Gasteiger partial charge in [0, 0.05) is 12.1 Å². The predicted octanol–water partition coefficient (Wildman–Crippen LogP) is 3.31. The zero-order valence-electron chi connectivity index (χ0n) is 13.4. The lowest BCUT2D eigenvalue weighted by Gasteiger charge is -2.10. The highest BCUT2D eigenvalue weighted by molar-refractivity contribution is 7.91. The van der Waals surface area contributed by atoms with Crippen molar-refractivity contribution in [1.82, 2.24) is 0 Å². The fourth-order valence-electron chi connectivity index (χ4n) is 2.23. The van der Waals surface area contributed by atoms with Gasteiger partial charge < -0.3 is 15.2 Å². The van der Waals surface area contributed by atoms with E-state index in [1.54, 1.807) is 24.3 Å². The molecule has 2 N–H and O–H groups in total. The van der Waals surface area contributed by atoms with Crippen LogP contribution >= 0.6 is 11.6 Å². The van der Waals surface area contributed by atoms with Gasteiger partial charge in [-0.15, -0.1) is 0 Å². The van der Waals surface area contributed by atoms with Crippen LogP contribution in [0.5, 0.6) is 5.75 Å². The third-order valence-electron chi connectivity index (χ3n) is 3.46. The molecule has 2 rings (SSSR count). The Morgan fingerprint density at radius 3 is 2.46 bits per heavy atom. The van der Waals surface area contributed by atoms with Gasteiger partial charge in [-0.2, -0.15) is 0 Å². The number of sulfone groups is 1. The van der Waals surface area contributed by atoms with Gasteiger partial charge in [0.25, 0.3) is 0 Å². The summed E-state index contributed by atoms with van der Waals surface area (Å²) in [5.74, 6) is 0.616. The highest BCUT2D eigenvalue weighted by Gasteiger charge is 2.14. The van der Waals surface area contributed by atoms with Gasteiger partial charge >= 0.3 is 0 Å². The van der Waals surface area contributed by atoms with Crippen LogP contribution in [0.15, 0.2) is 47.4 Å². The molecule has 0 heterocycles. The Hall–Kier alpha value is -1.76. The number of halogens is 1. The molecule has 2 aromatic rings. The molecular formula is C17H20ClNO4S. The van der Waals surface area contributed by atoms with Crippen molar-refractivity contribution in [3.8, 4) is 5.75 Å². The Bertz CT molecular complexity index is 776. The number of hydrogen-bond acceptors (Lipinski definition) is 5. The third-order valence-corrected chi connectivity index (χ3v) is 5.53. The van der Waals surface area contributed by atoms with E-state index in [2.05, 4.69) is 0 Å². The normalized spacial score (nSPS) is 11.4. The summed E-state index contributed by atoms with van der Waals surface area (Å²) in [6, 6.07) is 11.6. The zero-order chi connectivity index (χ0) is 17.6. The summed E-state index contributed by atoms with van der Waals surface area (Å²) >= 11 is 5.78. The van der Waals surface area contributed by atoms with Crippen LogP contribution < -0.4 is 10.5 Å². The van der Waals surface area contributed by atoms with Crippen molar-refractivity contribution < 1.29 is 17.9 Å². The van der Waals surface area contributed by atoms with Crippen molar-refractivity contribution in [1.29, 1.82) is 0 Å². The maximum absolute atomic E-state index is 12.3. The van der Waals surface area contributed by atoms with Crippen LogP contribution in [0.4, 0.5) is 5.69 Å². The van der Waals surface area contributed by atoms with E-state index in [0.717, 1.165) is 5.56 Å². The lowest BCUT2D eigenvalue weighted by atomic mass is 10.1. The molecule has 130 valence electrons. The number of ether oxygens (including phenoxy) is 2. The second-order valence-corrected chi connectivity index (χ2v) is 7.84. The quantitative estimate of drug-likeness (QED) is 0.570. The van der Waals surface area contributed by atoms with E-state index in [0.29, 0.717) is 29.3 Å². The lowest BCUT2D eigenvalue weighted by molar-refractivity contribution is 0.0516. The fourth-order valence-corrected chi connectivity index (χ4v) is 3.67. The Labute approximate surface area is 147 Å². The first-order chi connectivity index (χ1) is 11.4. The topological polar surface area (TPSA) is 78.6 Å². The molecule has 0 aliphatic heterocycles. The largest absolute Gasteiger partial charge is 0.465 e. The van der Waals surface area contributed by atoms with Crippen LogP contribution in [0.2, 0.25) is 5.02 Å². The molecular weight excluding hydrogens is 350 g/mol. The summed E-state index contributed by atoms with van der Waals surface area (Å²) in [7, 11) is -1.78. The van der Waals surface area contributed by atoms with Gasteiger partial charge in [-0.1, -0.05) is 17.7 Å². The first-order valence-corrected chi connectivity index (χ1v) is 9.44. The minimum atomic E-state index is -3.31. The molecule has 7 heteroatoms. The molecule has 0 saturated heterocycles. The molecule has 0 spiro atoms. The van der Waals surface area contributed by atoms with Gasteiger partial charge in [0.15, 0.2) is 16.6 Å². The number of nitrogens with two attached hydrogens (primary N) is 1. The number of aryl methyl sites for hydroxylation is 1. The number of nitrogen functional groups attached to an aromatic ring is 1. The Morgan fingerprint density at radius 2 is 1.83 bits per heavy atom. The number of anilines is 1. The molecule has 0 radical (unpaired) electrons. The van der Waals surface area contributed by atoms with Crippen LogP contribution in [0.3, 0.4) is 0 Å². The van der Waals surface area contributed by atoms with E-state index in [-0.39, 0.29) is 17.4 Å². The van der Waals surface area contributed by atoms with Crippen LogP contribution in [0.1, 0.15) is 12.0 Å². The molecule has 0 aliphatic rings. The van der Waals surface area contributed by atoms with Gasteiger partial charge in [-0.25, -0.2) is 8.42 Å². The summed E-state index contributed by atoms with van der Waals surface area (Å²) in [5.41, 5.74) is 7.38. The Morgan fingerprint density at radius 1 is 1.12 bits per heavy atom. The van der Waals surface area contributed by atoms with E-state index in [9.17, 15) is 8.42 Å². The number of benzene rings is 2. The molecule has 0 aliphatic carbocycles. The van der Waals surface area contributed by atoms with Gasteiger partial charge in [0.05, 0.1) is 16.3 Å². The van der Waals surface area contributed by atoms with Gasteiger partial charge in [0.1, 0.15) is 5.75 Å². The van der Waals surface area contributed by atoms with Crippen LogP contribution in [0, 0.1) is 0 Å². The van der Waals surface area contributed by atoms with Crippen LogP contribution in [0.25, 0.3) is 0 Å². The van der Waals surface area contributed by atoms with Gasteiger partial charge in [-0.05, 0) is 54.8 Å². The molecule has 0 amide bonds.